The van der Waals surface area contributed by atoms with Crippen molar-refractivity contribution in [1.29, 1.82) is 0 Å². The van der Waals surface area contributed by atoms with Crippen molar-refractivity contribution in [2.24, 2.45) is 5.73 Å². The molecule has 0 heterocycles. The summed E-state index contributed by atoms with van der Waals surface area (Å²) >= 11 is 0. The average molecular weight is 228 g/mol. The molecule has 0 bridgehead atoms. The second-order valence-corrected chi connectivity index (χ2v) is 4.67. The van der Waals surface area contributed by atoms with E-state index in [1.165, 1.54) is 0 Å². The number of carboxylic acid groups (broad SMARTS) is 1. The summed E-state index contributed by atoms with van der Waals surface area (Å²) in [5.74, 6) is -1.78. The maximum absolute atomic E-state index is 13.4. The summed E-state index contributed by atoms with van der Waals surface area (Å²) in [5, 5.41) is 8.41. The van der Waals surface area contributed by atoms with Crippen LogP contribution in [0.1, 0.15) is 6.42 Å². The fraction of sp³-hybridized carbons (Fsp3) is 0.600. The zero-order valence-electron chi connectivity index (χ0n) is 6.71. The van der Waals surface area contributed by atoms with Crippen molar-refractivity contribution in [3.8, 4) is 0 Å². The lowest BCUT2D eigenvalue weighted by atomic mass is 10.2. The zero-order valence-corrected chi connectivity index (χ0v) is 7.61. The Morgan fingerprint density at radius 2 is 1.79 bits per heavy atom. The second kappa shape index (κ2) is 2.68. The standard InChI is InChI=1S/C5H7FNO6P/c6-4(3(10)14(11,12)13)1-5(4,7)2(8)9/h11-13H,1,7H2/p+1/t4-,5-/m1/s1. The summed E-state index contributed by atoms with van der Waals surface area (Å²) in [7, 11) is -5.04. The van der Waals surface area contributed by atoms with Crippen molar-refractivity contribution in [3.63, 3.8) is 0 Å². The van der Waals surface area contributed by atoms with Crippen molar-refractivity contribution in [3.05, 3.63) is 0 Å². The number of alkyl halides is 1. The largest absolute Gasteiger partial charge is 0.482 e. The highest BCUT2D eigenvalue weighted by atomic mass is 31.2. The lowest BCUT2D eigenvalue weighted by Gasteiger charge is -2.09. The van der Waals surface area contributed by atoms with Gasteiger partial charge in [-0.1, -0.05) is 0 Å². The van der Waals surface area contributed by atoms with Gasteiger partial charge in [-0.2, -0.15) is 14.7 Å². The molecule has 1 aliphatic rings. The lowest BCUT2D eigenvalue weighted by Crippen LogP contribution is -2.44. The molecule has 1 aliphatic carbocycles. The molecule has 1 saturated carbocycles. The Morgan fingerprint density at radius 1 is 1.36 bits per heavy atom. The SMILES string of the molecule is N[C@@]1(C(=O)O)C[C@@]1(F)C(=O)[P+](O)(O)O. The third-order valence-electron chi connectivity index (χ3n) is 2.10. The molecule has 14 heavy (non-hydrogen) atoms. The van der Waals surface area contributed by atoms with Crippen molar-refractivity contribution in [2.45, 2.75) is 17.6 Å². The van der Waals surface area contributed by atoms with Crippen molar-refractivity contribution in [2.75, 3.05) is 0 Å². The molecule has 9 heteroatoms. The molecule has 1 fully saturated rings. The number of aliphatic carboxylic acids is 1. The lowest BCUT2D eigenvalue weighted by molar-refractivity contribution is -0.142. The van der Waals surface area contributed by atoms with Crippen LogP contribution < -0.4 is 5.73 Å². The van der Waals surface area contributed by atoms with E-state index in [1.54, 1.807) is 0 Å². The first-order valence-electron chi connectivity index (χ1n) is 3.39. The Bertz CT molecular complexity index is 316. The molecule has 80 valence electrons. The maximum atomic E-state index is 13.4. The van der Waals surface area contributed by atoms with Crippen LogP contribution in [0.2, 0.25) is 0 Å². The van der Waals surface area contributed by atoms with Crippen LogP contribution in [0, 0.1) is 0 Å². The number of hydrogen-bond donors (Lipinski definition) is 5. The van der Waals surface area contributed by atoms with Gasteiger partial charge in [0.25, 0.3) is 0 Å². The van der Waals surface area contributed by atoms with Crippen LogP contribution in [-0.2, 0) is 9.59 Å². The third-order valence-corrected chi connectivity index (χ3v) is 3.00. The molecule has 0 aromatic rings. The summed E-state index contributed by atoms with van der Waals surface area (Å²) < 4.78 is 13.4. The first-order valence-corrected chi connectivity index (χ1v) is 5.04. The molecule has 0 saturated heterocycles. The van der Waals surface area contributed by atoms with E-state index in [9.17, 15) is 14.0 Å². The molecule has 2 atom stereocenters. The van der Waals surface area contributed by atoms with E-state index in [0.717, 1.165) is 0 Å². The summed E-state index contributed by atoms with van der Waals surface area (Å²) in [6, 6.07) is 0. The summed E-state index contributed by atoms with van der Waals surface area (Å²) in [6.07, 6.45) is -0.877. The molecular formula is C5H8FNO6P+. The van der Waals surface area contributed by atoms with Gasteiger partial charge in [-0.25, -0.2) is 9.18 Å². The van der Waals surface area contributed by atoms with Crippen LogP contribution in [0.25, 0.3) is 0 Å². The van der Waals surface area contributed by atoms with Crippen molar-refractivity contribution >= 4 is 19.4 Å². The predicted octanol–water partition coefficient (Wildman–Crippen LogP) is -1.85. The first-order chi connectivity index (χ1) is 6.06. The number of nitrogens with two attached hydrogens (primary N) is 1. The van der Waals surface area contributed by atoms with E-state index in [2.05, 4.69) is 0 Å². The number of rotatable bonds is 3. The summed E-state index contributed by atoms with van der Waals surface area (Å²) in [6.45, 7) is 0. The molecule has 0 aliphatic heterocycles. The minimum Gasteiger partial charge on any atom is -0.480 e. The number of hydrogen-bond acceptors (Lipinski definition) is 6. The highest BCUT2D eigenvalue weighted by Gasteiger charge is 2.83. The Morgan fingerprint density at radius 3 is 2.00 bits per heavy atom. The van der Waals surface area contributed by atoms with E-state index < -0.39 is 37.1 Å². The molecule has 0 amide bonds. The van der Waals surface area contributed by atoms with Gasteiger partial charge in [0.15, 0.2) is 5.54 Å². The van der Waals surface area contributed by atoms with Crippen LogP contribution in [0.4, 0.5) is 4.39 Å². The van der Waals surface area contributed by atoms with Gasteiger partial charge in [-0.3, -0.25) is 4.79 Å². The van der Waals surface area contributed by atoms with Gasteiger partial charge in [0.2, 0.25) is 5.67 Å². The van der Waals surface area contributed by atoms with Crippen molar-refractivity contribution < 1.29 is 33.8 Å². The van der Waals surface area contributed by atoms with Crippen molar-refractivity contribution in [1.82, 2.24) is 0 Å². The average Bonchev–Trinajstić information content (AvgIpc) is 2.54. The summed E-state index contributed by atoms with van der Waals surface area (Å²) in [4.78, 5) is 46.6. The molecule has 0 radical (unpaired) electrons. The molecule has 0 aromatic carbocycles. The minimum atomic E-state index is -5.04. The molecular weight excluding hydrogens is 220 g/mol. The van der Waals surface area contributed by atoms with E-state index in [4.69, 9.17) is 25.5 Å². The van der Waals surface area contributed by atoms with Crippen LogP contribution in [0.5, 0.6) is 0 Å². The van der Waals surface area contributed by atoms with Gasteiger partial charge in [0.05, 0.1) is 0 Å². The highest BCUT2D eigenvalue weighted by Crippen LogP contribution is 2.61. The van der Waals surface area contributed by atoms with Gasteiger partial charge in [-0.15, -0.1) is 0 Å². The highest BCUT2D eigenvalue weighted by molar-refractivity contribution is 7.76. The molecule has 0 spiro atoms. The topological polar surface area (TPSA) is 141 Å². The monoisotopic (exact) mass is 228 g/mol. The van der Waals surface area contributed by atoms with E-state index in [0.29, 0.717) is 0 Å². The number of carboxylic acids is 1. The Hall–Kier alpha value is -0.660. The number of carbonyl (C=O) groups excluding carboxylic acids is 1. The summed E-state index contributed by atoms with van der Waals surface area (Å²) in [5.41, 5.74) is -2.57. The van der Waals surface area contributed by atoms with Crippen LogP contribution in [-0.4, -0.2) is 42.5 Å². The fourth-order valence-corrected chi connectivity index (χ4v) is 1.84. The molecule has 0 aromatic heterocycles. The molecule has 1 rings (SSSR count). The molecule has 7 nitrogen and oxygen atoms in total. The van der Waals surface area contributed by atoms with Crippen LogP contribution in [0.15, 0.2) is 0 Å². The maximum Gasteiger partial charge on any atom is 0.482 e. The molecule has 6 N–H and O–H groups in total. The first kappa shape index (κ1) is 11.4. The van der Waals surface area contributed by atoms with Gasteiger partial charge < -0.3 is 10.8 Å². The Kier molecular flexibility index (Phi) is 2.18. The van der Waals surface area contributed by atoms with E-state index in [1.807, 2.05) is 0 Å². The smallest absolute Gasteiger partial charge is 0.480 e. The normalized spacial score (nSPS) is 36.6. The fourth-order valence-electron chi connectivity index (χ4n) is 1.09. The predicted molar refractivity (Wildman–Crippen MR) is 41.6 cm³/mol. The van der Waals surface area contributed by atoms with Gasteiger partial charge in [0, 0.05) is 6.42 Å². The Balaban J connectivity index is 2.94. The van der Waals surface area contributed by atoms with Gasteiger partial charge in [-0.05, 0) is 0 Å². The van der Waals surface area contributed by atoms with E-state index in [-0.39, 0.29) is 0 Å². The van der Waals surface area contributed by atoms with E-state index >= 15 is 0 Å². The second-order valence-electron chi connectivity index (χ2n) is 3.13. The minimum absolute atomic E-state index is 0.877. The van der Waals surface area contributed by atoms with Crippen LogP contribution >= 0.6 is 7.94 Å². The zero-order chi connectivity index (χ0) is 11.4. The van der Waals surface area contributed by atoms with Gasteiger partial charge >= 0.3 is 19.4 Å². The molecule has 0 unspecified atom stereocenters. The number of carbonyl (C=O) groups is 2. The third kappa shape index (κ3) is 1.32. The Labute approximate surface area is 77.5 Å². The number of halogens is 1. The van der Waals surface area contributed by atoms with Crippen LogP contribution in [0.3, 0.4) is 0 Å². The van der Waals surface area contributed by atoms with Gasteiger partial charge in [0.1, 0.15) is 0 Å². The quantitative estimate of drug-likeness (QED) is 0.357.